The summed E-state index contributed by atoms with van der Waals surface area (Å²) in [6, 6.07) is 4.79. The molecular formula is C19H30N6O. The van der Waals surface area contributed by atoms with E-state index >= 15 is 0 Å². The Kier molecular flexibility index (Phi) is 5.36. The van der Waals surface area contributed by atoms with Gasteiger partial charge in [-0.1, -0.05) is 26.7 Å². The van der Waals surface area contributed by atoms with Crippen molar-refractivity contribution in [3.63, 3.8) is 0 Å². The van der Waals surface area contributed by atoms with Crippen molar-refractivity contribution in [1.82, 2.24) is 30.0 Å². The number of hydrogen-bond donors (Lipinski definition) is 0. The van der Waals surface area contributed by atoms with E-state index in [2.05, 4.69) is 49.9 Å². The molecular weight excluding hydrogens is 328 g/mol. The van der Waals surface area contributed by atoms with Crippen molar-refractivity contribution in [3.8, 4) is 0 Å². The summed E-state index contributed by atoms with van der Waals surface area (Å²) in [6.45, 7) is 9.65. The lowest BCUT2D eigenvalue weighted by Gasteiger charge is -2.40. The van der Waals surface area contributed by atoms with E-state index in [0.29, 0.717) is 12.0 Å². The number of rotatable bonds is 6. The summed E-state index contributed by atoms with van der Waals surface area (Å²) in [5.74, 6) is 2.59. The topological polar surface area (TPSA) is 63.2 Å². The molecule has 2 aliphatic rings. The van der Waals surface area contributed by atoms with Crippen LogP contribution in [0.15, 0.2) is 22.8 Å². The van der Waals surface area contributed by atoms with Crippen LogP contribution >= 0.6 is 0 Å². The molecule has 7 nitrogen and oxygen atoms in total. The highest BCUT2D eigenvalue weighted by molar-refractivity contribution is 5.01. The Morgan fingerprint density at radius 1 is 1.15 bits per heavy atom. The molecule has 0 spiro atoms. The Bertz CT molecular complexity index is 668. The summed E-state index contributed by atoms with van der Waals surface area (Å²) in [4.78, 5) is 5.03. The molecule has 1 aliphatic heterocycles. The molecule has 0 bridgehead atoms. The number of furan rings is 1. The fourth-order valence-corrected chi connectivity index (χ4v) is 4.51. The standard InChI is InChI=1S/C19H30N6O/c1-15(2)18(19-20-21-22-25(19)16-6-3-4-7-16)24-11-9-23(10-12-24)14-17-8-5-13-26-17/h5,8,13,15-16,18H,3-4,6-7,9-12,14H2,1-2H3. The Balaban J connectivity index is 1.44. The minimum absolute atomic E-state index is 0.288. The van der Waals surface area contributed by atoms with E-state index in [0.717, 1.165) is 44.3 Å². The lowest BCUT2D eigenvalue weighted by atomic mass is 10.00. The summed E-state index contributed by atoms with van der Waals surface area (Å²) < 4.78 is 7.63. The average Bonchev–Trinajstić information content (AvgIpc) is 3.38. The number of piperazine rings is 1. The zero-order valence-corrected chi connectivity index (χ0v) is 15.9. The number of nitrogens with zero attached hydrogens (tertiary/aromatic N) is 6. The van der Waals surface area contributed by atoms with Gasteiger partial charge in [0.2, 0.25) is 0 Å². The van der Waals surface area contributed by atoms with Gasteiger partial charge in [0, 0.05) is 26.2 Å². The largest absolute Gasteiger partial charge is 0.468 e. The molecule has 0 N–H and O–H groups in total. The second-order valence-corrected chi connectivity index (χ2v) is 8.00. The van der Waals surface area contributed by atoms with E-state index in [1.165, 1.54) is 25.7 Å². The summed E-state index contributed by atoms with van der Waals surface area (Å²) >= 11 is 0. The Labute approximate surface area is 155 Å². The first-order valence-corrected chi connectivity index (χ1v) is 9.99. The van der Waals surface area contributed by atoms with Crippen LogP contribution in [0, 0.1) is 5.92 Å². The quantitative estimate of drug-likeness (QED) is 0.791. The summed E-state index contributed by atoms with van der Waals surface area (Å²) in [6.07, 6.45) is 6.76. The van der Waals surface area contributed by atoms with Crippen molar-refractivity contribution in [3.05, 3.63) is 30.0 Å². The third-order valence-electron chi connectivity index (χ3n) is 5.84. The summed E-state index contributed by atoms with van der Waals surface area (Å²) in [5.41, 5.74) is 0. The molecule has 1 saturated heterocycles. The molecule has 1 atom stereocenters. The van der Waals surface area contributed by atoms with Gasteiger partial charge in [-0.3, -0.25) is 9.80 Å². The van der Waals surface area contributed by atoms with E-state index in [-0.39, 0.29) is 6.04 Å². The van der Waals surface area contributed by atoms with Gasteiger partial charge in [0.1, 0.15) is 5.76 Å². The average molecular weight is 358 g/mol. The zero-order valence-electron chi connectivity index (χ0n) is 15.9. The van der Waals surface area contributed by atoms with E-state index in [9.17, 15) is 0 Å². The van der Waals surface area contributed by atoms with Gasteiger partial charge < -0.3 is 4.42 Å². The van der Waals surface area contributed by atoms with Crippen molar-refractivity contribution in [1.29, 1.82) is 0 Å². The molecule has 2 aromatic rings. The zero-order chi connectivity index (χ0) is 17.9. The molecule has 1 saturated carbocycles. The van der Waals surface area contributed by atoms with E-state index in [1.54, 1.807) is 6.26 Å². The van der Waals surface area contributed by atoms with Crippen LogP contribution in [0.4, 0.5) is 0 Å². The highest BCUT2D eigenvalue weighted by Gasteiger charge is 2.33. The highest BCUT2D eigenvalue weighted by Crippen LogP contribution is 2.34. The lowest BCUT2D eigenvalue weighted by Crippen LogP contribution is -2.48. The second kappa shape index (κ2) is 7.88. The fourth-order valence-electron chi connectivity index (χ4n) is 4.51. The predicted molar refractivity (Wildman–Crippen MR) is 98.5 cm³/mol. The van der Waals surface area contributed by atoms with Crippen LogP contribution in [0.25, 0.3) is 0 Å². The maximum Gasteiger partial charge on any atom is 0.168 e. The van der Waals surface area contributed by atoms with Crippen molar-refractivity contribution >= 4 is 0 Å². The van der Waals surface area contributed by atoms with Gasteiger partial charge in [0.25, 0.3) is 0 Å². The number of hydrogen-bond acceptors (Lipinski definition) is 6. The number of tetrazole rings is 1. The molecule has 4 rings (SSSR count). The molecule has 0 amide bonds. The molecule has 0 radical (unpaired) electrons. The smallest absolute Gasteiger partial charge is 0.168 e. The first-order chi connectivity index (χ1) is 12.7. The van der Waals surface area contributed by atoms with E-state index in [1.807, 2.05) is 6.07 Å². The number of aromatic nitrogens is 4. The maximum atomic E-state index is 5.50. The van der Waals surface area contributed by atoms with Crippen molar-refractivity contribution < 1.29 is 4.42 Å². The van der Waals surface area contributed by atoms with Crippen LogP contribution < -0.4 is 0 Å². The van der Waals surface area contributed by atoms with Gasteiger partial charge in [0.15, 0.2) is 5.82 Å². The summed E-state index contributed by atoms with van der Waals surface area (Å²) in [5, 5.41) is 12.9. The van der Waals surface area contributed by atoms with Crippen LogP contribution in [0.5, 0.6) is 0 Å². The minimum atomic E-state index is 0.288. The van der Waals surface area contributed by atoms with Gasteiger partial charge in [-0.25, -0.2) is 4.68 Å². The van der Waals surface area contributed by atoms with Crippen LogP contribution in [0.3, 0.4) is 0 Å². The van der Waals surface area contributed by atoms with Gasteiger partial charge in [-0.15, -0.1) is 5.10 Å². The third-order valence-corrected chi connectivity index (χ3v) is 5.84. The molecule has 0 aromatic carbocycles. The van der Waals surface area contributed by atoms with Crippen LogP contribution in [0.2, 0.25) is 0 Å². The van der Waals surface area contributed by atoms with Crippen molar-refractivity contribution in [2.75, 3.05) is 26.2 Å². The molecule has 2 fully saturated rings. The van der Waals surface area contributed by atoms with Crippen molar-refractivity contribution in [2.24, 2.45) is 5.92 Å². The summed E-state index contributed by atoms with van der Waals surface area (Å²) in [7, 11) is 0. The van der Waals surface area contributed by atoms with Crippen LogP contribution in [-0.4, -0.2) is 56.2 Å². The van der Waals surface area contributed by atoms with Gasteiger partial charge >= 0.3 is 0 Å². The van der Waals surface area contributed by atoms with Gasteiger partial charge in [0.05, 0.1) is 24.9 Å². The van der Waals surface area contributed by atoms with E-state index in [4.69, 9.17) is 4.42 Å². The van der Waals surface area contributed by atoms with Crippen LogP contribution in [0.1, 0.15) is 63.2 Å². The SMILES string of the molecule is CC(C)C(c1nnnn1C1CCCC1)N1CCN(Cc2ccco2)CC1. The fraction of sp³-hybridized carbons (Fsp3) is 0.737. The Morgan fingerprint density at radius 2 is 1.92 bits per heavy atom. The predicted octanol–water partition coefficient (Wildman–Crippen LogP) is 2.90. The molecule has 26 heavy (non-hydrogen) atoms. The third kappa shape index (κ3) is 3.69. The van der Waals surface area contributed by atoms with E-state index < -0.39 is 0 Å². The van der Waals surface area contributed by atoms with Crippen LogP contribution in [-0.2, 0) is 6.54 Å². The molecule has 142 valence electrons. The lowest BCUT2D eigenvalue weighted by molar-refractivity contribution is 0.0623. The maximum absolute atomic E-state index is 5.50. The Hall–Kier alpha value is -1.73. The molecule has 3 heterocycles. The van der Waals surface area contributed by atoms with Crippen molar-refractivity contribution in [2.45, 2.75) is 58.2 Å². The monoisotopic (exact) mass is 358 g/mol. The Morgan fingerprint density at radius 3 is 2.58 bits per heavy atom. The second-order valence-electron chi connectivity index (χ2n) is 8.00. The highest BCUT2D eigenvalue weighted by atomic mass is 16.3. The molecule has 7 heteroatoms. The van der Waals surface area contributed by atoms with Gasteiger partial charge in [-0.05, 0) is 41.3 Å². The van der Waals surface area contributed by atoms with Gasteiger partial charge in [-0.2, -0.15) is 0 Å². The molecule has 2 aromatic heterocycles. The molecule has 1 unspecified atom stereocenters. The minimum Gasteiger partial charge on any atom is -0.468 e. The molecule has 1 aliphatic carbocycles. The first-order valence-electron chi connectivity index (χ1n) is 9.99. The normalized spacial score (nSPS) is 21.7. The first kappa shape index (κ1) is 17.7.